The first-order valence-corrected chi connectivity index (χ1v) is 8.00. The van der Waals surface area contributed by atoms with Gasteiger partial charge in [-0.1, -0.05) is 24.3 Å². The molecule has 0 saturated heterocycles. The van der Waals surface area contributed by atoms with Gasteiger partial charge in [-0.3, -0.25) is 9.59 Å². The van der Waals surface area contributed by atoms with Crippen molar-refractivity contribution in [2.45, 2.75) is 25.8 Å². The summed E-state index contributed by atoms with van der Waals surface area (Å²) in [6, 6.07) is 11.4. The van der Waals surface area contributed by atoms with Crippen LogP contribution in [0.15, 0.2) is 36.4 Å². The molecule has 1 atom stereocenters. The van der Waals surface area contributed by atoms with E-state index in [0.717, 1.165) is 16.0 Å². The lowest BCUT2D eigenvalue weighted by atomic mass is 9.89. The van der Waals surface area contributed by atoms with E-state index in [1.54, 1.807) is 16.2 Å². The van der Waals surface area contributed by atoms with Crippen molar-refractivity contribution < 1.29 is 14.7 Å². The first kappa shape index (κ1) is 14.8. The molecule has 1 aromatic carbocycles. The van der Waals surface area contributed by atoms with Gasteiger partial charge in [0, 0.05) is 22.8 Å². The van der Waals surface area contributed by atoms with Crippen LogP contribution in [0.2, 0.25) is 0 Å². The standard InChI is InChI=1S/C17H17NO3S/c1-11-6-7-13(22-11)8-16(19)18-9-12-4-2-3-5-14(12)15(10-18)17(20)21/h2-7,15H,8-10H2,1H3,(H,20,21). The fourth-order valence-electron chi connectivity index (χ4n) is 2.85. The van der Waals surface area contributed by atoms with Crippen LogP contribution in [0.25, 0.3) is 0 Å². The zero-order valence-corrected chi connectivity index (χ0v) is 13.1. The summed E-state index contributed by atoms with van der Waals surface area (Å²) in [4.78, 5) is 27.9. The zero-order chi connectivity index (χ0) is 15.7. The number of carbonyl (C=O) groups excluding carboxylic acids is 1. The van der Waals surface area contributed by atoms with Crippen molar-refractivity contribution in [2.75, 3.05) is 6.54 Å². The largest absolute Gasteiger partial charge is 0.481 e. The van der Waals surface area contributed by atoms with Gasteiger partial charge in [0.25, 0.3) is 0 Å². The normalized spacial score (nSPS) is 17.1. The van der Waals surface area contributed by atoms with Gasteiger partial charge in [-0.05, 0) is 30.2 Å². The predicted molar refractivity (Wildman–Crippen MR) is 85.0 cm³/mol. The molecular weight excluding hydrogens is 298 g/mol. The Morgan fingerprint density at radius 1 is 1.27 bits per heavy atom. The molecular formula is C17H17NO3S. The number of rotatable bonds is 3. The zero-order valence-electron chi connectivity index (χ0n) is 12.3. The van der Waals surface area contributed by atoms with Gasteiger partial charge in [0.2, 0.25) is 5.91 Å². The SMILES string of the molecule is Cc1ccc(CC(=O)N2Cc3ccccc3C(C(=O)O)C2)s1. The average molecular weight is 315 g/mol. The van der Waals surface area contributed by atoms with Gasteiger partial charge in [-0.2, -0.15) is 0 Å². The molecule has 1 aliphatic rings. The van der Waals surface area contributed by atoms with E-state index < -0.39 is 11.9 Å². The van der Waals surface area contributed by atoms with E-state index in [1.807, 2.05) is 43.3 Å². The van der Waals surface area contributed by atoms with Gasteiger partial charge in [-0.15, -0.1) is 11.3 Å². The quantitative estimate of drug-likeness (QED) is 0.947. The lowest BCUT2D eigenvalue weighted by Gasteiger charge is -2.32. The maximum atomic E-state index is 12.5. The van der Waals surface area contributed by atoms with Gasteiger partial charge >= 0.3 is 5.97 Å². The summed E-state index contributed by atoms with van der Waals surface area (Å²) in [5.74, 6) is -1.53. The van der Waals surface area contributed by atoms with Gasteiger partial charge < -0.3 is 10.0 Å². The van der Waals surface area contributed by atoms with E-state index in [9.17, 15) is 14.7 Å². The fraction of sp³-hybridized carbons (Fsp3) is 0.294. The van der Waals surface area contributed by atoms with Crippen molar-refractivity contribution in [1.82, 2.24) is 4.90 Å². The molecule has 0 aliphatic carbocycles. The molecule has 22 heavy (non-hydrogen) atoms. The lowest BCUT2D eigenvalue weighted by molar-refractivity contribution is -0.141. The third kappa shape index (κ3) is 2.90. The molecule has 0 radical (unpaired) electrons. The fourth-order valence-corrected chi connectivity index (χ4v) is 3.73. The number of hydrogen-bond acceptors (Lipinski definition) is 3. The molecule has 1 amide bonds. The third-order valence-electron chi connectivity index (χ3n) is 3.97. The second kappa shape index (κ2) is 5.93. The van der Waals surface area contributed by atoms with Gasteiger partial charge in [0.1, 0.15) is 0 Å². The summed E-state index contributed by atoms with van der Waals surface area (Å²) in [6.07, 6.45) is 0.340. The highest BCUT2D eigenvalue weighted by Gasteiger charge is 2.32. The Kier molecular flexibility index (Phi) is 3.98. The van der Waals surface area contributed by atoms with Gasteiger partial charge in [-0.25, -0.2) is 0 Å². The molecule has 2 heterocycles. The van der Waals surface area contributed by atoms with Crippen molar-refractivity contribution in [2.24, 2.45) is 0 Å². The van der Waals surface area contributed by atoms with Crippen LogP contribution in [-0.4, -0.2) is 28.4 Å². The highest BCUT2D eigenvalue weighted by atomic mass is 32.1. The monoisotopic (exact) mass is 315 g/mol. The number of aryl methyl sites for hydroxylation is 1. The Morgan fingerprint density at radius 3 is 2.73 bits per heavy atom. The smallest absolute Gasteiger partial charge is 0.312 e. The Balaban J connectivity index is 1.81. The highest BCUT2D eigenvalue weighted by Crippen LogP contribution is 2.29. The number of carbonyl (C=O) groups is 2. The van der Waals surface area contributed by atoms with Gasteiger partial charge in [0.15, 0.2) is 0 Å². The molecule has 0 saturated carbocycles. The molecule has 1 aliphatic heterocycles. The average Bonchev–Trinajstić information content (AvgIpc) is 2.91. The van der Waals surface area contributed by atoms with Crippen LogP contribution >= 0.6 is 11.3 Å². The van der Waals surface area contributed by atoms with E-state index >= 15 is 0 Å². The third-order valence-corrected chi connectivity index (χ3v) is 4.97. The molecule has 4 nitrogen and oxygen atoms in total. The van der Waals surface area contributed by atoms with Crippen LogP contribution in [0.3, 0.4) is 0 Å². The van der Waals surface area contributed by atoms with E-state index in [1.165, 1.54) is 4.88 Å². The number of aliphatic carboxylic acids is 1. The number of amides is 1. The molecule has 1 aromatic heterocycles. The second-order valence-corrected chi connectivity index (χ2v) is 6.93. The van der Waals surface area contributed by atoms with Crippen LogP contribution in [0.4, 0.5) is 0 Å². The second-order valence-electron chi connectivity index (χ2n) is 5.55. The molecule has 0 spiro atoms. The molecule has 0 fully saturated rings. The summed E-state index contributed by atoms with van der Waals surface area (Å²) >= 11 is 1.61. The molecule has 3 rings (SSSR count). The lowest BCUT2D eigenvalue weighted by Crippen LogP contribution is -2.41. The number of nitrogens with zero attached hydrogens (tertiary/aromatic N) is 1. The topological polar surface area (TPSA) is 57.6 Å². The molecule has 5 heteroatoms. The molecule has 1 unspecified atom stereocenters. The predicted octanol–water partition coefficient (Wildman–Crippen LogP) is 2.81. The molecule has 2 aromatic rings. The highest BCUT2D eigenvalue weighted by molar-refractivity contribution is 7.12. The summed E-state index contributed by atoms with van der Waals surface area (Å²) in [6.45, 7) is 2.74. The van der Waals surface area contributed by atoms with E-state index in [2.05, 4.69) is 0 Å². The number of carboxylic acids is 1. The Hall–Kier alpha value is -2.14. The first-order valence-electron chi connectivity index (χ1n) is 7.18. The van der Waals surface area contributed by atoms with E-state index in [-0.39, 0.29) is 12.5 Å². The van der Waals surface area contributed by atoms with Crippen LogP contribution in [0, 0.1) is 6.92 Å². The molecule has 0 bridgehead atoms. The minimum absolute atomic E-state index is 0.0115. The van der Waals surface area contributed by atoms with Crippen molar-refractivity contribution in [3.63, 3.8) is 0 Å². The van der Waals surface area contributed by atoms with Gasteiger partial charge in [0.05, 0.1) is 12.3 Å². The number of hydrogen-bond donors (Lipinski definition) is 1. The summed E-state index contributed by atoms with van der Waals surface area (Å²) in [5.41, 5.74) is 1.75. The molecule has 1 N–H and O–H groups in total. The maximum absolute atomic E-state index is 12.5. The summed E-state index contributed by atoms with van der Waals surface area (Å²) in [7, 11) is 0. The summed E-state index contributed by atoms with van der Waals surface area (Å²) < 4.78 is 0. The van der Waals surface area contributed by atoms with Crippen LogP contribution in [0.5, 0.6) is 0 Å². The Morgan fingerprint density at radius 2 is 2.05 bits per heavy atom. The maximum Gasteiger partial charge on any atom is 0.312 e. The minimum atomic E-state index is -0.878. The Bertz CT molecular complexity index is 722. The number of carboxylic acid groups (broad SMARTS) is 1. The number of thiophene rings is 1. The van der Waals surface area contributed by atoms with Crippen molar-refractivity contribution in [1.29, 1.82) is 0 Å². The van der Waals surface area contributed by atoms with Crippen molar-refractivity contribution in [3.05, 3.63) is 57.3 Å². The molecule has 114 valence electrons. The van der Waals surface area contributed by atoms with E-state index in [4.69, 9.17) is 0 Å². The Labute approximate surface area is 133 Å². The van der Waals surface area contributed by atoms with Crippen molar-refractivity contribution >= 4 is 23.2 Å². The van der Waals surface area contributed by atoms with Crippen LogP contribution in [-0.2, 0) is 22.6 Å². The summed E-state index contributed by atoms with van der Waals surface area (Å²) in [5, 5.41) is 9.44. The number of benzene rings is 1. The van der Waals surface area contributed by atoms with Crippen LogP contribution < -0.4 is 0 Å². The number of fused-ring (bicyclic) bond motifs is 1. The minimum Gasteiger partial charge on any atom is -0.481 e. The van der Waals surface area contributed by atoms with Crippen LogP contribution in [0.1, 0.15) is 26.8 Å². The van der Waals surface area contributed by atoms with E-state index in [0.29, 0.717) is 13.0 Å². The van der Waals surface area contributed by atoms with Crippen molar-refractivity contribution in [3.8, 4) is 0 Å². The first-order chi connectivity index (χ1) is 10.5.